The fourth-order valence-corrected chi connectivity index (χ4v) is 3.09. The second kappa shape index (κ2) is 7.59. The number of imidazole rings is 1. The summed E-state index contributed by atoms with van der Waals surface area (Å²) in [4.78, 5) is 13.3. The molecule has 0 radical (unpaired) electrons. The third-order valence-corrected chi connectivity index (χ3v) is 4.23. The number of benzene rings is 1. The number of aliphatic hydroxyl groups is 1. The number of phenols is 1. The van der Waals surface area contributed by atoms with Gasteiger partial charge < -0.3 is 25.4 Å². The van der Waals surface area contributed by atoms with Crippen molar-refractivity contribution in [3.8, 4) is 5.75 Å². The van der Waals surface area contributed by atoms with E-state index in [1.807, 2.05) is 14.0 Å². The summed E-state index contributed by atoms with van der Waals surface area (Å²) >= 11 is 0. The molecular weight excluding hydrogens is 363 g/mol. The van der Waals surface area contributed by atoms with Gasteiger partial charge in [0.05, 0.1) is 11.9 Å². The van der Waals surface area contributed by atoms with Crippen LogP contribution in [0.4, 0.5) is 16.2 Å². The number of aromatic nitrogens is 4. The Kier molecular flexibility index (Phi) is 5.37. The Hall–Kier alpha value is -2.94. The second-order valence-corrected chi connectivity index (χ2v) is 7.61. The van der Waals surface area contributed by atoms with Crippen LogP contribution in [0, 0.1) is 5.82 Å². The van der Waals surface area contributed by atoms with E-state index < -0.39 is 11.4 Å². The number of anilines is 2. The van der Waals surface area contributed by atoms with Crippen molar-refractivity contribution >= 4 is 22.9 Å². The Labute approximate surface area is 162 Å². The summed E-state index contributed by atoms with van der Waals surface area (Å²) in [6.07, 6.45) is 2.15. The number of phenolic OH excluding ortho intramolecular Hbond substituents is 1. The van der Waals surface area contributed by atoms with Crippen molar-refractivity contribution in [1.29, 1.82) is 0 Å². The molecule has 3 aromatic rings. The van der Waals surface area contributed by atoms with Crippen molar-refractivity contribution in [3.05, 3.63) is 35.9 Å². The molecule has 0 amide bonds. The number of hydrogen-bond donors (Lipinski definition) is 4. The average Bonchev–Trinajstić information content (AvgIpc) is 2.95. The topological polar surface area (TPSA) is 108 Å². The van der Waals surface area contributed by atoms with E-state index in [0.717, 1.165) is 0 Å². The van der Waals surface area contributed by atoms with E-state index in [1.54, 1.807) is 24.7 Å². The third-order valence-electron chi connectivity index (χ3n) is 4.23. The van der Waals surface area contributed by atoms with E-state index >= 15 is 0 Å². The van der Waals surface area contributed by atoms with Gasteiger partial charge in [-0.1, -0.05) is 0 Å². The zero-order valence-electron chi connectivity index (χ0n) is 16.4. The fraction of sp³-hybridized carbons (Fsp3) is 0.421. The molecule has 8 nitrogen and oxygen atoms in total. The Bertz CT molecular complexity index is 982. The molecule has 0 aliphatic carbocycles. The first-order chi connectivity index (χ1) is 13.1. The van der Waals surface area contributed by atoms with Gasteiger partial charge in [-0.3, -0.25) is 0 Å². The molecule has 28 heavy (non-hydrogen) atoms. The summed E-state index contributed by atoms with van der Waals surface area (Å²) in [6, 6.07) is 3.72. The second-order valence-electron chi connectivity index (χ2n) is 7.61. The third kappa shape index (κ3) is 4.66. The van der Waals surface area contributed by atoms with E-state index in [2.05, 4.69) is 25.6 Å². The molecule has 0 bridgehead atoms. The summed E-state index contributed by atoms with van der Waals surface area (Å²) in [7, 11) is 1.83. The highest BCUT2D eigenvalue weighted by atomic mass is 19.1. The van der Waals surface area contributed by atoms with E-state index in [-0.39, 0.29) is 18.3 Å². The van der Waals surface area contributed by atoms with Crippen LogP contribution < -0.4 is 10.6 Å². The molecule has 0 fully saturated rings. The molecule has 0 aliphatic rings. The molecule has 0 saturated heterocycles. The Morgan fingerprint density at radius 3 is 2.75 bits per heavy atom. The molecule has 4 N–H and O–H groups in total. The minimum absolute atomic E-state index is 0.00244. The molecule has 150 valence electrons. The SMILES string of the molecule is CC(CC(C)(C)O)Nc1nc(NCc2cc(F)ccc2O)c2ncn(C)c2n1. The van der Waals surface area contributed by atoms with Gasteiger partial charge in [0.25, 0.3) is 0 Å². The average molecular weight is 388 g/mol. The number of halogens is 1. The highest BCUT2D eigenvalue weighted by molar-refractivity contribution is 5.84. The van der Waals surface area contributed by atoms with Crippen LogP contribution in [0.3, 0.4) is 0 Å². The fourth-order valence-electron chi connectivity index (χ4n) is 3.09. The van der Waals surface area contributed by atoms with Crippen LogP contribution in [0.25, 0.3) is 11.2 Å². The van der Waals surface area contributed by atoms with Gasteiger partial charge in [0.1, 0.15) is 11.6 Å². The van der Waals surface area contributed by atoms with Crippen molar-refractivity contribution in [1.82, 2.24) is 19.5 Å². The van der Waals surface area contributed by atoms with Gasteiger partial charge in [-0.15, -0.1) is 0 Å². The maximum Gasteiger partial charge on any atom is 0.226 e. The lowest BCUT2D eigenvalue weighted by Gasteiger charge is -2.23. The number of aryl methyl sites for hydroxylation is 1. The minimum atomic E-state index is -0.820. The van der Waals surface area contributed by atoms with E-state index in [1.165, 1.54) is 18.2 Å². The standard InChI is InChI=1S/C19H25FN6O2/c1-11(8-19(2,3)28)23-18-24-16(15-17(25-18)26(4)10-22-15)21-9-12-7-13(20)5-6-14(12)27/h5-7,10-11,27-28H,8-9H2,1-4H3,(H2,21,23,24,25). The van der Waals surface area contributed by atoms with Crippen molar-refractivity contribution < 1.29 is 14.6 Å². The largest absolute Gasteiger partial charge is 0.508 e. The van der Waals surface area contributed by atoms with Crippen LogP contribution in [0.1, 0.15) is 32.8 Å². The predicted octanol–water partition coefficient (Wildman–Crippen LogP) is 2.78. The molecule has 0 aliphatic heterocycles. The number of aromatic hydroxyl groups is 1. The van der Waals surface area contributed by atoms with Gasteiger partial charge in [-0.2, -0.15) is 9.97 Å². The van der Waals surface area contributed by atoms with Crippen LogP contribution in [0.15, 0.2) is 24.5 Å². The van der Waals surface area contributed by atoms with E-state index in [0.29, 0.717) is 34.9 Å². The molecule has 2 aromatic heterocycles. The van der Waals surface area contributed by atoms with Gasteiger partial charge in [-0.05, 0) is 45.4 Å². The maximum atomic E-state index is 13.5. The summed E-state index contributed by atoms with van der Waals surface area (Å²) in [5.41, 5.74) is 0.782. The lowest BCUT2D eigenvalue weighted by atomic mass is 10.0. The predicted molar refractivity (Wildman–Crippen MR) is 106 cm³/mol. The monoisotopic (exact) mass is 388 g/mol. The Balaban J connectivity index is 1.87. The van der Waals surface area contributed by atoms with Crippen molar-refractivity contribution in [3.63, 3.8) is 0 Å². The van der Waals surface area contributed by atoms with Crippen LogP contribution in [0.2, 0.25) is 0 Å². The van der Waals surface area contributed by atoms with Crippen molar-refractivity contribution in [2.75, 3.05) is 10.6 Å². The highest BCUT2D eigenvalue weighted by Gasteiger charge is 2.19. The first-order valence-electron chi connectivity index (χ1n) is 9.01. The molecule has 9 heteroatoms. The smallest absolute Gasteiger partial charge is 0.226 e. The first-order valence-corrected chi connectivity index (χ1v) is 9.01. The van der Waals surface area contributed by atoms with Gasteiger partial charge in [0, 0.05) is 25.2 Å². The quantitative estimate of drug-likeness (QED) is 0.493. The summed E-state index contributed by atoms with van der Waals surface area (Å²) in [5.74, 6) is 0.423. The summed E-state index contributed by atoms with van der Waals surface area (Å²) < 4.78 is 15.2. The first kappa shape index (κ1) is 19.8. The van der Waals surface area contributed by atoms with Crippen LogP contribution in [-0.2, 0) is 13.6 Å². The molecule has 0 saturated carbocycles. The van der Waals surface area contributed by atoms with E-state index in [9.17, 15) is 14.6 Å². The highest BCUT2D eigenvalue weighted by Crippen LogP contribution is 2.24. The molecule has 1 atom stereocenters. The van der Waals surface area contributed by atoms with Gasteiger partial charge in [-0.25, -0.2) is 9.37 Å². The zero-order chi connectivity index (χ0) is 20.5. The molecular formula is C19H25FN6O2. The maximum absolute atomic E-state index is 13.5. The van der Waals surface area contributed by atoms with Gasteiger partial charge in [0.2, 0.25) is 5.95 Å². The molecule has 3 rings (SSSR count). The van der Waals surface area contributed by atoms with Crippen LogP contribution in [-0.4, -0.2) is 41.4 Å². The molecule has 1 unspecified atom stereocenters. The number of hydrogen-bond acceptors (Lipinski definition) is 7. The summed E-state index contributed by atoms with van der Waals surface area (Å²) in [5, 5.41) is 26.2. The Morgan fingerprint density at radius 1 is 1.29 bits per heavy atom. The number of fused-ring (bicyclic) bond motifs is 1. The molecule has 2 heterocycles. The van der Waals surface area contributed by atoms with Gasteiger partial charge in [0.15, 0.2) is 17.0 Å². The lowest BCUT2D eigenvalue weighted by Crippen LogP contribution is -2.29. The number of rotatable bonds is 7. The van der Waals surface area contributed by atoms with Crippen LogP contribution >= 0.6 is 0 Å². The number of nitrogens with zero attached hydrogens (tertiary/aromatic N) is 4. The van der Waals surface area contributed by atoms with Crippen LogP contribution in [0.5, 0.6) is 5.75 Å². The van der Waals surface area contributed by atoms with E-state index in [4.69, 9.17) is 0 Å². The Morgan fingerprint density at radius 2 is 2.04 bits per heavy atom. The van der Waals surface area contributed by atoms with Crippen molar-refractivity contribution in [2.45, 2.75) is 45.4 Å². The summed E-state index contributed by atoms with van der Waals surface area (Å²) in [6.45, 7) is 5.60. The van der Waals surface area contributed by atoms with Gasteiger partial charge >= 0.3 is 0 Å². The minimum Gasteiger partial charge on any atom is -0.508 e. The number of nitrogens with one attached hydrogen (secondary N) is 2. The molecule has 1 aromatic carbocycles. The normalized spacial score (nSPS) is 12.9. The zero-order valence-corrected chi connectivity index (χ0v) is 16.4. The lowest BCUT2D eigenvalue weighted by molar-refractivity contribution is 0.0672. The molecule has 0 spiro atoms. The van der Waals surface area contributed by atoms with Crippen molar-refractivity contribution in [2.24, 2.45) is 7.05 Å².